The number of nitrogens with zero attached hydrogens (tertiary/aromatic N) is 4. The highest BCUT2D eigenvalue weighted by molar-refractivity contribution is 5.92. The molecular weight excluding hydrogens is 390 g/mol. The highest BCUT2D eigenvalue weighted by Crippen LogP contribution is 2.49. The molecule has 3 heterocycles. The zero-order chi connectivity index (χ0) is 21.5. The number of nitrogens with one attached hydrogen (secondary N) is 1. The van der Waals surface area contributed by atoms with Gasteiger partial charge >= 0.3 is 6.03 Å². The Kier molecular flexibility index (Phi) is 5.00. The van der Waals surface area contributed by atoms with Gasteiger partial charge < -0.3 is 29.1 Å². The third kappa shape index (κ3) is 3.42. The van der Waals surface area contributed by atoms with Gasteiger partial charge in [-0.15, -0.1) is 0 Å². The van der Waals surface area contributed by atoms with Crippen molar-refractivity contribution in [1.29, 1.82) is 0 Å². The van der Waals surface area contributed by atoms with Crippen molar-refractivity contribution in [2.45, 2.75) is 19.8 Å². The van der Waals surface area contributed by atoms with E-state index in [4.69, 9.17) is 14.0 Å². The first-order chi connectivity index (χ1) is 14.3. The molecule has 2 aliphatic heterocycles. The number of carbonyl (C=O) groups is 2. The molecule has 1 spiro atoms. The molecule has 4 rings (SSSR count). The van der Waals surface area contributed by atoms with Crippen LogP contribution in [-0.4, -0.2) is 72.3 Å². The molecule has 2 saturated heterocycles. The van der Waals surface area contributed by atoms with Crippen LogP contribution in [0.2, 0.25) is 0 Å². The highest BCUT2D eigenvalue weighted by atomic mass is 16.5. The van der Waals surface area contributed by atoms with E-state index in [2.05, 4.69) is 15.5 Å². The summed E-state index contributed by atoms with van der Waals surface area (Å²) in [6.45, 7) is 5.35. The van der Waals surface area contributed by atoms with E-state index in [9.17, 15) is 9.59 Å². The van der Waals surface area contributed by atoms with Gasteiger partial charge in [0.2, 0.25) is 11.8 Å². The van der Waals surface area contributed by atoms with Gasteiger partial charge in [0, 0.05) is 44.6 Å². The van der Waals surface area contributed by atoms with Gasteiger partial charge in [0.05, 0.1) is 25.8 Å². The summed E-state index contributed by atoms with van der Waals surface area (Å²) in [5.74, 6) is 2.13. The summed E-state index contributed by atoms with van der Waals surface area (Å²) in [6, 6.07) is 4.97. The van der Waals surface area contributed by atoms with Gasteiger partial charge in [0.1, 0.15) is 11.5 Å². The Hall–Kier alpha value is -3.30. The lowest BCUT2D eigenvalue weighted by Gasteiger charge is -2.49. The zero-order valence-corrected chi connectivity index (χ0v) is 17.5. The number of rotatable bonds is 4. The second kappa shape index (κ2) is 7.51. The van der Waals surface area contributed by atoms with E-state index < -0.39 is 0 Å². The Bertz CT molecular complexity index is 968. The lowest BCUT2D eigenvalue weighted by Crippen LogP contribution is -2.62. The predicted molar refractivity (Wildman–Crippen MR) is 107 cm³/mol. The van der Waals surface area contributed by atoms with E-state index in [0.29, 0.717) is 55.1 Å². The Balaban J connectivity index is 1.49. The zero-order valence-electron chi connectivity index (χ0n) is 17.5. The van der Waals surface area contributed by atoms with Crippen molar-refractivity contribution in [2.24, 2.45) is 5.41 Å². The molecule has 1 atom stereocenters. The van der Waals surface area contributed by atoms with Crippen LogP contribution in [-0.2, 0) is 4.79 Å². The SMILES string of the molecule is COc1ccc(OC)c(NC(=O)N2CC3(CN(C(C)=O)CC3c3nc(C)no3)C2)c1. The number of aromatic nitrogens is 2. The van der Waals surface area contributed by atoms with Crippen LogP contribution in [0.3, 0.4) is 0 Å². The molecular formula is C20H25N5O5. The molecule has 10 heteroatoms. The third-order valence-corrected chi connectivity index (χ3v) is 5.88. The molecule has 1 N–H and O–H groups in total. The van der Waals surface area contributed by atoms with Crippen molar-refractivity contribution in [3.05, 3.63) is 29.9 Å². The molecule has 2 fully saturated rings. The van der Waals surface area contributed by atoms with Crippen LogP contribution in [0.15, 0.2) is 22.7 Å². The topological polar surface area (TPSA) is 110 Å². The van der Waals surface area contributed by atoms with Crippen LogP contribution in [0.1, 0.15) is 24.6 Å². The molecule has 0 radical (unpaired) electrons. The standard InChI is InChI=1S/C20H25N5O5/c1-12-21-18(30-23-12)15-8-24(13(2)26)9-20(15)10-25(11-20)19(27)22-16-7-14(28-3)5-6-17(16)29-4/h5-7,15H,8-11H2,1-4H3,(H,22,27). The summed E-state index contributed by atoms with van der Waals surface area (Å²) in [5, 5.41) is 6.78. The molecule has 10 nitrogen and oxygen atoms in total. The predicted octanol–water partition coefficient (Wildman–Crippen LogP) is 1.88. The maximum atomic E-state index is 12.9. The van der Waals surface area contributed by atoms with Gasteiger partial charge in [-0.25, -0.2) is 4.79 Å². The van der Waals surface area contributed by atoms with E-state index in [0.717, 1.165) is 0 Å². The van der Waals surface area contributed by atoms with E-state index in [-0.39, 0.29) is 23.3 Å². The molecule has 3 amide bonds. The molecule has 2 aromatic rings. The average Bonchev–Trinajstić information content (AvgIpc) is 3.30. The van der Waals surface area contributed by atoms with E-state index >= 15 is 0 Å². The average molecular weight is 415 g/mol. The van der Waals surface area contributed by atoms with Crippen LogP contribution < -0.4 is 14.8 Å². The lowest BCUT2D eigenvalue weighted by atomic mass is 9.71. The second-order valence-corrected chi connectivity index (χ2v) is 7.85. The molecule has 0 bridgehead atoms. The maximum absolute atomic E-state index is 12.9. The van der Waals surface area contributed by atoms with Crippen LogP contribution >= 0.6 is 0 Å². The van der Waals surface area contributed by atoms with Crippen molar-refractivity contribution in [3.63, 3.8) is 0 Å². The Morgan fingerprint density at radius 1 is 1.20 bits per heavy atom. The molecule has 1 unspecified atom stereocenters. The third-order valence-electron chi connectivity index (χ3n) is 5.88. The largest absolute Gasteiger partial charge is 0.497 e. The smallest absolute Gasteiger partial charge is 0.321 e. The fourth-order valence-corrected chi connectivity index (χ4v) is 4.29. The summed E-state index contributed by atoms with van der Waals surface area (Å²) in [7, 11) is 3.11. The fourth-order valence-electron chi connectivity index (χ4n) is 4.29. The monoisotopic (exact) mass is 415 g/mol. The minimum absolute atomic E-state index is 0.00266. The minimum Gasteiger partial charge on any atom is -0.497 e. The van der Waals surface area contributed by atoms with Gasteiger partial charge in [0.15, 0.2) is 5.82 Å². The van der Waals surface area contributed by atoms with Crippen LogP contribution in [0.4, 0.5) is 10.5 Å². The van der Waals surface area contributed by atoms with Crippen molar-refractivity contribution in [3.8, 4) is 11.5 Å². The van der Waals surface area contributed by atoms with E-state index in [1.165, 1.54) is 0 Å². The molecule has 30 heavy (non-hydrogen) atoms. The number of hydrogen-bond donors (Lipinski definition) is 1. The first kappa shape index (κ1) is 20.0. The van der Waals surface area contributed by atoms with Crippen molar-refractivity contribution in [1.82, 2.24) is 19.9 Å². The normalized spacial score (nSPS) is 19.5. The number of hydrogen-bond acceptors (Lipinski definition) is 7. The number of benzene rings is 1. The summed E-state index contributed by atoms with van der Waals surface area (Å²) in [6.07, 6.45) is 0. The molecule has 160 valence electrons. The Labute approximate surface area is 174 Å². The van der Waals surface area contributed by atoms with E-state index in [1.54, 1.807) is 56.1 Å². The van der Waals surface area contributed by atoms with Gasteiger partial charge in [-0.05, 0) is 19.1 Å². The molecule has 2 aliphatic rings. The van der Waals surface area contributed by atoms with Crippen LogP contribution in [0.5, 0.6) is 11.5 Å². The van der Waals surface area contributed by atoms with Gasteiger partial charge in [-0.3, -0.25) is 4.79 Å². The number of ether oxygens (including phenoxy) is 2. The van der Waals surface area contributed by atoms with Crippen LogP contribution in [0, 0.1) is 12.3 Å². The van der Waals surface area contributed by atoms with Crippen molar-refractivity contribution >= 4 is 17.6 Å². The lowest BCUT2D eigenvalue weighted by molar-refractivity contribution is -0.128. The number of methoxy groups -OCH3 is 2. The van der Waals surface area contributed by atoms with Gasteiger partial charge in [0.25, 0.3) is 0 Å². The maximum Gasteiger partial charge on any atom is 0.321 e. The van der Waals surface area contributed by atoms with E-state index in [1.807, 2.05) is 0 Å². The molecule has 1 aromatic heterocycles. The second-order valence-electron chi connectivity index (χ2n) is 7.85. The van der Waals surface area contributed by atoms with Crippen molar-refractivity contribution in [2.75, 3.05) is 45.7 Å². The highest BCUT2D eigenvalue weighted by Gasteiger charge is 2.58. The van der Waals surface area contributed by atoms with Crippen LogP contribution in [0.25, 0.3) is 0 Å². The number of likely N-dealkylation sites (tertiary alicyclic amines) is 2. The quantitative estimate of drug-likeness (QED) is 0.812. The fraction of sp³-hybridized carbons (Fsp3) is 0.500. The number of amides is 3. The number of urea groups is 1. The molecule has 1 aromatic carbocycles. The summed E-state index contributed by atoms with van der Waals surface area (Å²) in [4.78, 5) is 32.7. The minimum atomic E-state index is -0.291. The summed E-state index contributed by atoms with van der Waals surface area (Å²) < 4.78 is 16.0. The first-order valence-electron chi connectivity index (χ1n) is 9.69. The van der Waals surface area contributed by atoms with Gasteiger partial charge in [-0.1, -0.05) is 5.16 Å². The summed E-state index contributed by atoms with van der Waals surface area (Å²) >= 11 is 0. The molecule has 0 aliphatic carbocycles. The molecule has 0 saturated carbocycles. The van der Waals surface area contributed by atoms with Crippen molar-refractivity contribution < 1.29 is 23.6 Å². The Morgan fingerprint density at radius 2 is 1.93 bits per heavy atom. The van der Waals surface area contributed by atoms with Gasteiger partial charge in [-0.2, -0.15) is 4.98 Å². The first-order valence-corrected chi connectivity index (χ1v) is 9.69. The number of anilines is 1. The summed E-state index contributed by atoms with van der Waals surface area (Å²) in [5.41, 5.74) is 0.240. The number of aryl methyl sites for hydroxylation is 1. The number of carbonyl (C=O) groups excluding carboxylic acids is 2. The Morgan fingerprint density at radius 3 is 2.53 bits per heavy atom.